The van der Waals surface area contributed by atoms with Crippen molar-refractivity contribution in [2.45, 2.75) is 90.9 Å². The fourth-order valence-electron chi connectivity index (χ4n) is 5.23. The molecule has 0 aromatic rings. The minimum atomic E-state index is -2.67. The number of hydrogen-bond acceptors (Lipinski definition) is 4. The lowest BCUT2D eigenvalue weighted by Gasteiger charge is -2.40. The van der Waals surface area contributed by atoms with Gasteiger partial charge >= 0.3 is 0 Å². The number of carbonyl (C=O) groups excluding carboxylic acids is 2. The summed E-state index contributed by atoms with van der Waals surface area (Å²) in [6.07, 6.45) is -0.0901. The third-order valence-electron chi connectivity index (χ3n) is 7.45. The van der Waals surface area contributed by atoms with Crippen LogP contribution in [0.5, 0.6) is 0 Å². The van der Waals surface area contributed by atoms with Gasteiger partial charge in [-0.05, 0) is 41.3 Å². The standard InChI is InChI=1S/C23H35F2N5O2S/c1-7-12(10-26)27-18(31)16-15-14(22(15,5)6)11-30(16)19(32)17(21(2,3)4)29-20(33)28-13-8-23(24,25)9-13/h12-17H,7-9,11H2,1-6H3,(H,27,31)(H2,28,29,33)/t12-,14-,15-,16-,17+/m0/s1. The molecule has 7 nitrogen and oxygen atoms in total. The minimum absolute atomic E-state index is 0.0283. The van der Waals surface area contributed by atoms with Crippen LogP contribution in [0.25, 0.3) is 0 Å². The highest BCUT2D eigenvalue weighted by molar-refractivity contribution is 7.80. The quantitative estimate of drug-likeness (QED) is 0.503. The summed E-state index contributed by atoms with van der Waals surface area (Å²) in [6, 6.07) is -0.349. The number of thiocarbonyl (C=S) groups is 1. The molecule has 0 aromatic heterocycles. The van der Waals surface area contributed by atoms with Gasteiger partial charge in [0.05, 0.1) is 6.07 Å². The van der Waals surface area contributed by atoms with Crippen molar-refractivity contribution in [3.05, 3.63) is 0 Å². The monoisotopic (exact) mass is 483 g/mol. The van der Waals surface area contributed by atoms with Crippen molar-refractivity contribution in [1.29, 1.82) is 5.26 Å². The van der Waals surface area contributed by atoms with Crippen LogP contribution in [0.2, 0.25) is 0 Å². The van der Waals surface area contributed by atoms with E-state index >= 15 is 0 Å². The van der Waals surface area contributed by atoms with Crippen LogP contribution in [0, 0.1) is 34.0 Å². The third kappa shape index (κ3) is 5.08. The van der Waals surface area contributed by atoms with Crippen molar-refractivity contribution in [2.24, 2.45) is 22.7 Å². The van der Waals surface area contributed by atoms with Gasteiger partial charge in [0.1, 0.15) is 18.1 Å². The molecule has 10 heteroatoms. The fraction of sp³-hybridized carbons (Fsp3) is 0.826. The van der Waals surface area contributed by atoms with E-state index in [0.29, 0.717) is 13.0 Å². The maximum Gasteiger partial charge on any atom is 0.252 e. The van der Waals surface area contributed by atoms with Gasteiger partial charge in [-0.3, -0.25) is 9.59 Å². The summed E-state index contributed by atoms with van der Waals surface area (Å²) in [6.45, 7) is 12.1. The van der Waals surface area contributed by atoms with Gasteiger partial charge in [0.25, 0.3) is 5.92 Å². The number of amides is 2. The predicted octanol–water partition coefficient (Wildman–Crippen LogP) is 2.56. The van der Waals surface area contributed by atoms with Gasteiger partial charge in [-0.2, -0.15) is 5.26 Å². The molecule has 0 spiro atoms. The summed E-state index contributed by atoms with van der Waals surface area (Å²) < 4.78 is 26.3. The summed E-state index contributed by atoms with van der Waals surface area (Å²) in [4.78, 5) is 28.5. The van der Waals surface area contributed by atoms with E-state index in [-0.39, 0.29) is 47.0 Å². The van der Waals surface area contributed by atoms with Crippen molar-refractivity contribution >= 4 is 29.1 Å². The smallest absolute Gasteiger partial charge is 0.252 e. The van der Waals surface area contributed by atoms with E-state index in [4.69, 9.17) is 12.2 Å². The van der Waals surface area contributed by atoms with Crippen LogP contribution in [-0.2, 0) is 9.59 Å². The van der Waals surface area contributed by atoms with Gasteiger partial charge in [0, 0.05) is 25.4 Å². The van der Waals surface area contributed by atoms with Gasteiger partial charge in [-0.15, -0.1) is 0 Å². The molecule has 1 aliphatic heterocycles. The van der Waals surface area contributed by atoms with Gasteiger partial charge in [0.2, 0.25) is 11.8 Å². The molecule has 2 amide bonds. The molecule has 5 atom stereocenters. The zero-order valence-corrected chi connectivity index (χ0v) is 21.0. The maximum absolute atomic E-state index is 13.7. The molecule has 0 aromatic carbocycles. The van der Waals surface area contributed by atoms with Crippen molar-refractivity contribution < 1.29 is 18.4 Å². The van der Waals surface area contributed by atoms with E-state index in [9.17, 15) is 23.6 Å². The Balaban J connectivity index is 1.75. The molecule has 184 valence electrons. The van der Waals surface area contributed by atoms with E-state index in [1.54, 1.807) is 4.90 Å². The Labute approximate surface area is 200 Å². The number of likely N-dealkylation sites (tertiary alicyclic amines) is 1. The average molecular weight is 484 g/mol. The molecule has 3 fully saturated rings. The molecule has 3 rings (SSSR count). The highest BCUT2D eigenvalue weighted by Crippen LogP contribution is 2.65. The second kappa shape index (κ2) is 8.64. The Morgan fingerprint density at radius 2 is 1.85 bits per heavy atom. The Morgan fingerprint density at radius 3 is 2.33 bits per heavy atom. The van der Waals surface area contributed by atoms with Crippen LogP contribution in [0.15, 0.2) is 0 Å². The zero-order chi connectivity index (χ0) is 24.9. The lowest BCUT2D eigenvalue weighted by molar-refractivity contribution is -0.143. The zero-order valence-electron chi connectivity index (χ0n) is 20.2. The first-order chi connectivity index (χ1) is 15.1. The average Bonchev–Trinajstić information content (AvgIpc) is 3.02. The Morgan fingerprint density at radius 1 is 1.24 bits per heavy atom. The highest BCUT2D eigenvalue weighted by Gasteiger charge is 2.69. The van der Waals surface area contributed by atoms with Gasteiger partial charge in [0.15, 0.2) is 5.11 Å². The molecule has 33 heavy (non-hydrogen) atoms. The molecule has 3 N–H and O–H groups in total. The van der Waals surface area contributed by atoms with E-state index < -0.39 is 35.5 Å². The predicted molar refractivity (Wildman–Crippen MR) is 124 cm³/mol. The van der Waals surface area contributed by atoms with Crippen molar-refractivity contribution in [3.63, 3.8) is 0 Å². The SMILES string of the molecule is CC[C@@H](C#N)NC(=O)[C@@H]1[C@@H]2[C@H](CN1C(=O)[C@@H](NC(=S)NC1CC(F)(F)C1)C(C)(C)C)C2(C)C. The topological polar surface area (TPSA) is 97.3 Å². The summed E-state index contributed by atoms with van der Waals surface area (Å²) in [7, 11) is 0. The van der Waals surface area contributed by atoms with Gasteiger partial charge in [-0.1, -0.05) is 41.5 Å². The molecular formula is C23H35F2N5O2S. The number of nitrogens with zero attached hydrogens (tertiary/aromatic N) is 2. The lowest BCUT2D eigenvalue weighted by atomic mass is 9.85. The number of fused-ring (bicyclic) bond motifs is 1. The second-order valence-corrected chi connectivity index (χ2v) is 11.8. The third-order valence-corrected chi connectivity index (χ3v) is 7.69. The largest absolute Gasteiger partial charge is 0.360 e. The van der Waals surface area contributed by atoms with Crippen LogP contribution >= 0.6 is 12.2 Å². The van der Waals surface area contributed by atoms with E-state index in [1.807, 2.05) is 27.7 Å². The molecule has 0 radical (unpaired) electrons. The first kappa shape index (κ1) is 25.6. The molecule has 1 heterocycles. The molecule has 0 bridgehead atoms. The van der Waals surface area contributed by atoms with Crippen LogP contribution in [0.3, 0.4) is 0 Å². The Kier molecular flexibility index (Phi) is 6.70. The van der Waals surface area contributed by atoms with E-state index in [1.165, 1.54) is 0 Å². The lowest BCUT2D eigenvalue weighted by Crippen LogP contribution is -2.62. The van der Waals surface area contributed by atoms with Gasteiger partial charge in [-0.25, -0.2) is 8.78 Å². The summed E-state index contributed by atoms with van der Waals surface area (Å²) in [5.41, 5.74) is -0.599. The number of carbonyl (C=O) groups is 2. The summed E-state index contributed by atoms with van der Waals surface area (Å²) in [5.74, 6) is -2.99. The number of hydrogen-bond donors (Lipinski definition) is 3. The van der Waals surface area contributed by atoms with Crippen molar-refractivity contribution in [2.75, 3.05) is 6.54 Å². The van der Waals surface area contributed by atoms with E-state index in [2.05, 4.69) is 35.9 Å². The van der Waals surface area contributed by atoms with Crippen LogP contribution in [0.4, 0.5) is 8.78 Å². The number of nitrogens with one attached hydrogen (secondary N) is 3. The first-order valence-electron chi connectivity index (χ1n) is 11.6. The number of piperidine rings is 1. The van der Waals surface area contributed by atoms with Crippen molar-refractivity contribution in [1.82, 2.24) is 20.9 Å². The fourth-order valence-corrected chi connectivity index (χ4v) is 5.52. The van der Waals surface area contributed by atoms with Gasteiger partial charge < -0.3 is 20.9 Å². The molecule has 2 aliphatic carbocycles. The normalized spacial score (nSPS) is 29.1. The number of alkyl halides is 2. The van der Waals surface area contributed by atoms with Crippen LogP contribution in [-0.4, -0.2) is 58.5 Å². The molecule has 0 unspecified atom stereocenters. The molecular weight excluding hydrogens is 448 g/mol. The van der Waals surface area contributed by atoms with E-state index in [0.717, 1.165) is 0 Å². The van der Waals surface area contributed by atoms with Crippen LogP contribution in [0.1, 0.15) is 60.8 Å². The summed E-state index contributed by atoms with van der Waals surface area (Å²) >= 11 is 5.33. The number of halogens is 2. The second-order valence-electron chi connectivity index (χ2n) is 11.4. The number of rotatable bonds is 6. The number of nitriles is 1. The Bertz CT molecular complexity index is 858. The molecule has 3 aliphatic rings. The summed E-state index contributed by atoms with van der Waals surface area (Å²) in [5, 5.41) is 18.1. The first-order valence-corrected chi connectivity index (χ1v) is 12.0. The Hall–Kier alpha value is -2.02. The molecule has 1 saturated heterocycles. The highest BCUT2D eigenvalue weighted by atomic mass is 32.1. The molecule has 2 saturated carbocycles. The maximum atomic E-state index is 13.7. The van der Waals surface area contributed by atoms with Crippen LogP contribution < -0.4 is 16.0 Å². The van der Waals surface area contributed by atoms with Crippen molar-refractivity contribution in [3.8, 4) is 6.07 Å². The minimum Gasteiger partial charge on any atom is -0.360 e.